The van der Waals surface area contributed by atoms with E-state index in [0.717, 1.165) is 0 Å². The normalized spacial score (nSPS) is 12.0. The van der Waals surface area contributed by atoms with Gasteiger partial charge in [0.15, 0.2) is 17.5 Å². The molecule has 0 saturated carbocycles. The quantitative estimate of drug-likeness (QED) is 0.675. The van der Waals surface area contributed by atoms with Crippen LogP contribution in [0.4, 0.5) is 23.7 Å². The van der Waals surface area contributed by atoms with Gasteiger partial charge in [-0.2, -0.15) is 0 Å². The van der Waals surface area contributed by atoms with Crippen LogP contribution in [0.1, 0.15) is 18.5 Å². The summed E-state index contributed by atoms with van der Waals surface area (Å²) in [6.45, 7) is 1.74. The molecule has 5 nitrogen and oxygen atoms in total. The van der Waals surface area contributed by atoms with Crippen molar-refractivity contribution in [3.8, 4) is 0 Å². The number of hydrogen-bond acceptors (Lipinski definition) is 2. The molecule has 0 fully saturated rings. The Morgan fingerprint density at radius 3 is 2.33 bits per heavy atom. The number of carbonyl (C=O) groups is 1. The summed E-state index contributed by atoms with van der Waals surface area (Å²) in [5, 5.41) is 3.50. The van der Waals surface area contributed by atoms with E-state index in [1.54, 1.807) is 31.2 Å². The van der Waals surface area contributed by atoms with Gasteiger partial charge < -0.3 is 15.2 Å². The first-order chi connectivity index (χ1) is 12.8. The van der Waals surface area contributed by atoms with Crippen LogP contribution in [0.15, 0.2) is 47.4 Å². The van der Waals surface area contributed by atoms with E-state index < -0.39 is 29.5 Å². The van der Waals surface area contributed by atoms with Gasteiger partial charge in [0.05, 0.1) is 6.04 Å². The van der Waals surface area contributed by atoms with Gasteiger partial charge in [-0.25, -0.2) is 18.0 Å². The number of amides is 2. The van der Waals surface area contributed by atoms with E-state index >= 15 is 0 Å². The molecule has 3 rings (SSSR count). The first-order valence-electron chi connectivity index (χ1n) is 8.08. The van der Waals surface area contributed by atoms with Crippen molar-refractivity contribution in [2.75, 3.05) is 12.4 Å². The van der Waals surface area contributed by atoms with Crippen LogP contribution in [0.3, 0.4) is 0 Å². The number of hydrogen-bond donors (Lipinski definition) is 2. The van der Waals surface area contributed by atoms with Crippen LogP contribution in [0.25, 0.3) is 10.8 Å². The average molecular weight is 375 g/mol. The summed E-state index contributed by atoms with van der Waals surface area (Å²) >= 11 is 0. The van der Waals surface area contributed by atoms with Crippen molar-refractivity contribution in [3.63, 3.8) is 0 Å². The first kappa shape index (κ1) is 18.5. The minimum Gasteiger partial charge on any atom is -0.328 e. The summed E-state index contributed by atoms with van der Waals surface area (Å²) < 4.78 is 39.7. The molecule has 0 aliphatic carbocycles. The maximum Gasteiger partial charge on any atom is 0.322 e. The Morgan fingerprint density at radius 2 is 1.70 bits per heavy atom. The zero-order valence-electron chi connectivity index (χ0n) is 14.5. The van der Waals surface area contributed by atoms with Crippen molar-refractivity contribution >= 4 is 22.5 Å². The van der Waals surface area contributed by atoms with Crippen LogP contribution in [-0.2, 0) is 0 Å². The number of aromatic nitrogens is 1. The van der Waals surface area contributed by atoms with Crippen LogP contribution in [-0.4, -0.2) is 23.0 Å². The number of aromatic amines is 1. The zero-order chi connectivity index (χ0) is 19.7. The predicted octanol–water partition coefficient (Wildman–Crippen LogP) is 4.17. The third-order valence-corrected chi connectivity index (χ3v) is 4.43. The fraction of sp³-hybridized carbons (Fsp3) is 0.158. The number of carbonyl (C=O) groups excluding carboxylic acids is 1. The molecule has 8 heteroatoms. The Labute approximate surface area is 152 Å². The highest BCUT2D eigenvalue weighted by molar-refractivity contribution is 5.90. The molecule has 0 aliphatic heterocycles. The number of halogens is 3. The maximum absolute atomic E-state index is 13.3. The molecular formula is C19H16F3N3O2. The molecule has 2 aromatic carbocycles. The summed E-state index contributed by atoms with van der Waals surface area (Å²) in [5.74, 6) is -4.39. The third-order valence-electron chi connectivity index (χ3n) is 4.43. The summed E-state index contributed by atoms with van der Waals surface area (Å²) in [7, 11) is 1.50. The monoisotopic (exact) mass is 375 g/mol. The largest absolute Gasteiger partial charge is 0.328 e. The predicted molar refractivity (Wildman–Crippen MR) is 96.1 cm³/mol. The fourth-order valence-corrected chi connectivity index (χ4v) is 2.80. The Balaban J connectivity index is 1.88. The van der Waals surface area contributed by atoms with E-state index in [1.807, 2.05) is 0 Å². The van der Waals surface area contributed by atoms with Gasteiger partial charge in [0.2, 0.25) is 0 Å². The minimum atomic E-state index is -1.60. The molecule has 1 aromatic heterocycles. The molecule has 0 saturated heterocycles. The number of H-pyrrole nitrogens is 1. The highest BCUT2D eigenvalue weighted by atomic mass is 19.2. The van der Waals surface area contributed by atoms with E-state index in [0.29, 0.717) is 28.5 Å². The van der Waals surface area contributed by atoms with Gasteiger partial charge >= 0.3 is 6.03 Å². The lowest BCUT2D eigenvalue weighted by atomic mass is 10.0. The number of fused-ring (bicyclic) bond motifs is 1. The molecule has 1 atom stereocenters. The van der Waals surface area contributed by atoms with Gasteiger partial charge in [0.1, 0.15) is 0 Å². The van der Waals surface area contributed by atoms with E-state index in [4.69, 9.17) is 0 Å². The second kappa shape index (κ2) is 7.14. The molecule has 0 bridgehead atoms. The highest BCUT2D eigenvalue weighted by Gasteiger charge is 2.21. The second-order valence-corrected chi connectivity index (χ2v) is 6.09. The van der Waals surface area contributed by atoms with Crippen molar-refractivity contribution in [2.45, 2.75) is 13.0 Å². The Hall–Kier alpha value is -3.29. The van der Waals surface area contributed by atoms with Gasteiger partial charge in [-0.1, -0.05) is 18.2 Å². The van der Waals surface area contributed by atoms with Crippen molar-refractivity contribution in [1.29, 1.82) is 0 Å². The summed E-state index contributed by atoms with van der Waals surface area (Å²) in [6, 6.07) is 7.24. The van der Waals surface area contributed by atoms with E-state index in [1.165, 1.54) is 18.1 Å². The molecule has 1 heterocycles. The molecule has 0 unspecified atom stereocenters. The number of urea groups is 1. The molecule has 140 valence electrons. The minimum absolute atomic E-state index is 0.207. The summed E-state index contributed by atoms with van der Waals surface area (Å²) in [4.78, 5) is 28.3. The second-order valence-electron chi connectivity index (χ2n) is 6.09. The third kappa shape index (κ3) is 3.51. The van der Waals surface area contributed by atoms with Gasteiger partial charge in [0.25, 0.3) is 5.56 Å². The van der Waals surface area contributed by atoms with Gasteiger partial charge in [-0.15, -0.1) is 0 Å². The molecule has 0 aliphatic rings. The lowest BCUT2D eigenvalue weighted by molar-refractivity contribution is 0.208. The molecular weight excluding hydrogens is 359 g/mol. The van der Waals surface area contributed by atoms with Crippen LogP contribution in [0, 0.1) is 17.5 Å². The van der Waals surface area contributed by atoms with Gasteiger partial charge in [0, 0.05) is 36.5 Å². The summed E-state index contributed by atoms with van der Waals surface area (Å²) in [6.07, 6.45) is 1.52. The van der Waals surface area contributed by atoms with E-state index in [-0.39, 0.29) is 11.2 Å². The topological polar surface area (TPSA) is 65.2 Å². The number of pyridine rings is 1. The first-order valence-corrected chi connectivity index (χ1v) is 8.08. The number of benzene rings is 2. The molecule has 2 amide bonds. The summed E-state index contributed by atoms with van der Waals surface area (Å²) in [5.41, 5.74) is 0.243. The number of anilines is 1. The molecule has 27 heavy (non-hydrogen) atoms. The van der Waals surface area contributed by atoms with Crippen LogP contribution < -0.4 is 10.9 Å². The lowest BCUT2D eigenvalue weighted by Gasteiger charge is -2.26. The van der Waals surface area contributed by atoms with Gasteiger partial charge in [-0.05, 0) is 23.9 Å². The van der Waals surface area contributed by atoms with E-state index in [9.17, 15) is 22.8 Å². The van der Waals surface area contributed by atoms with Crippen molar-refractivity contribution in [2.24, 2.45) is 0 Å². The standard InChI is InChI=1S/C19H16F3N3O2/c1-10(14-9-23-18(26)13-6-4-3-5-12(13)14)25(2)19(27)24-11-7-15(20)17(22)16(21)8-11/h3-10H,1-2H3,(H,23,26)(H,24,27)/t10-/m0/s1. The Morgan fingerprint density at radius 1 is 1.11 bits per heavy atom. The molecule has 0 radical (unpaired) electrons. The van der Waals surface area contributed by atoms with Crippen LogP contribution in [0.2, 0.25) is 0 Å². The zero-order valence-corrected chi connectivity index (χ0v) is 14.5. The molecule has 2 N–H and O–H groups in total. The molecule has 0 spiro atoms. The Bertz CT molecular complexity index is 1060. The number of nitrogens with one attached hydrogen (secondary N) is 2. The maximum atomic E-state index is 13.3. The average Bonchev–Trinajstić information content (AvgIpc) is 2.65. The van der Waals surface area contributed by atoms with Crippen LogP contribution >= 0.6 is 0 Å². The molecule has 3 aromatic rings. The fourth-order valence-electron chi connectivity index (χ4n) is 2.80. The SMILES string of the molecule is C[C@@H](c1c[nH]c(=O)c2ccccc12)N(C)C(=O)Nc1cc(F)c(F)c(F)c1. The number of nitrogens with zero attached hydrogens (tertiary/aromatic N) is 1. The van der Waals surface area contributed by atoms with Gasteiger partial charge in [-0.3, -0.25) is 4.79 Å². The van der Waals surface area contributed by atoms with E-state index in [2.05, 4.69) is 10.3 Å². The number of rotatable bonds is 3. The van der Waals surface area contributed by atoms with Crippen LogP contribution in [0.5, 0.6) is 0 Å². The Kier molecular flexibility index (Phi) is 4.89. The highest BCUT2D eigenvalue weighted by Crippen LogP contribution is 2.26. The van der Waals surface area contributed by atoms with Crippen molar-refractivity contribution in [1.82, 2.24) is 9.88 Å². The lowest BCUT2D eigenvalue weighted by Crippen LogP contribution is -2.34. The van der Waals surface area contributed by atoms with Crippen molar-refractivity contribution < 1.29 is 18.0 Å². The smallest absolute Gasteiger partial charge is 0.322 e. The van der Waals surface area contributed by atoms with Crippen molar-refractivity contribution in [3.05, 3.63) is 76.0 Å².